The molecule has 125 heavy (non-hydrogen) atoms. The van der Waals surface area contributed by atoms with Gasteiger partial charge in [0.25, 0.3) is 0 Å². The molecular weight excluding hydrogens is 1920 g/mol. The second-order valence-corrected chi connectivity index (χ2v) is 32.7. The number of anilines is 9. The van der Waals surface area contributed by atoms with Gasteiger partial charge in [0.1, 0.15) is 22.3 Å². The Labute approximate surface area is 862 Å². The van der Waals surface area contributed by atoms with Crippen LogP contribution in [-0.4, -0.2) is 85.8 Å². The van der Waals surface area contributed by atoms with Crippen LogP contribution in [0.3, 0.4) is 0 Å². The second kappa shape index (κ2) is 37.6. The van der Waals surface area contributed by atoms with Gasteiger partial charge in [0.05, 0.1) is 65.3 Å². The predicted octanol–water partition coefficient (Wildman–Crippen LogP) is 25.7. The van der Waals surface area contributed by atoms with E-state index in [9.17, 15) is 0 Å². The minimum Gasteiger partial charge on any atom is -0.467 e. The molecular formula is C107H100N11O2Y5-5. The summed E-state index contributed by atoms with van der Waals surface area (Å²) in [6.07, 6.45) is 12.0. The van der Waals surface area contributed by atoms with E-state index in [2.05, 4.69) is 434 Å². The van der Waals surface area contributed by atoms with Crippen molar-refractivity contribution in [2.24, 2.45) is 0 Å². The van der Waals surface area contributed by atoms with E-state index in [4.69, 9.17) is 8.83 Å². The Bertz CT molecular complexity index is 6730. The Hall–Kier alpha value is -8.65. The summed E-state index contributed by atoms with van der Waals surface area (Å²) in [5.41, 5.74) is 30.7. The smallest absolute Gasteiger partial charge is 0.133 e. The van der Waals surface area contributed by atoms with Gasteiger partial charge in [-0.25, -0.2) is 0 Å². The van der Waals surface area contributed by atoms with Crippen molar-refractivity contribution in [1.82, 2.24) is 19.3 Å². The molecule has 0 fully saturated rings. The number of furan rings is 2. The minimum absolute atomic E-state index is 0. The SMILES string of the molecule is C.C.C[C-](C)c1ccccc1N1C=C(c2ccccc2)N(C)C1.C[C-]1c2cc3c(cc2N2C=CN(C)C12)c1ccccc1n3-c1ccccc1.C[C-]1c2ccc(-c3ccccc3)cc2N2c3ccccc3N(C)C12.C[C-]1c2ccc3c(oc4ccccc43)c2N2C=CN(C)C12.C[C-]1c2ccc3c(oc4ccccc43)c2N2c3ccccc3N(C)C12.[Y].[Y].[Y].[Y].[Y]. The van der Waals surface area contributed by atoms with Crippen LogP contribution in [0.2, 0.25) is 0 Å². The molecule has 18 heteroatoms. The van der Waals surface area contributed by atoms with E-state index >= 15 is 0 Å². The maximum Gasteiger partial charge on any atom is 0.133 e. The second-order valence-electron chi connectivity index (χ2n) is 32.7. The van der Waals surface area contributed by atoms with Gasteiger partial charge in [-0.2, -0.15) is 58.0 Å². The first-order valence-corrected chi connectivity index (χ1v) is 41.0. The molecule has 9 aliphatic rings. The van der Waals surface area contributed by atoms with Crippen molar-refractivity contribution in [3.05, 3.63) is 385 Å². The zero-order chi connectivity index (χ0) is 80.0. The van der Waals surface area contributed by atoms with Crippen molar-refractivity contribution >= 4 is 123 Å². The number of nitrogens with zero attached hydrogens (tertiary/aromatic N) is 11. The van der Waals surface area contributed by atoms with Crippen LogP contribution >= 0.6 is 0 Å². The summed E-state index contributed by atoms with van der Waals surface area (Å²) in [5, 5.41) is 7.37. The molecule has 0 saturated carbocycles. The molecule has 0 aliphatic carbocycles. The van der Waals surface area contributed by atoms with Crippen LogP contribution in [0.15, 0.2) is 331 Å². The summed E-state index contributed by atoms with van der Waals surface area (Å²) in [4.78, 5) is 23.5. The first-order valence-electron chi connectivity index (χ1n) is 41.0. The Morgan fingerprint density at radius 2 is 0.792 bits per heavy atom. The van der Waals surface area contributed by atoms with Crippen molar-refractivity contribution in [3.63, 3.8) is 0 Å². The van der Waals surface area contributed by atoms with Gasteiger partial charge in [-0.05, 0) is 93.6 Å². The van der Waals surface area contributed by atoms with Crippen LogP contribution in [0, 0.1) is 29.6 Å². The normalized spacial score (nSPS) is 16.7. The fourth-order valence-corrected chi connectivity index (χ4v) is 20.1. The number of aromatic nitrogens is 1. The number of hydrogen-bond acceptors (Lipinski definition) is 12. The van der Waals surface area contributed by atoms with Crippen LogP contribution in [-0.2, 0) is 164 Å². The van der Waals surface area contributed by atoms with Gasteiger partial charge < -0.3 is 62.4 Å². The molecule has 9 aliphatic heterocycles. The number of benzene rings is 13. The monoisotopic (exact) mass is 2020 g/mol. The van der Waals surface area contributed by atoms with E-state index in [1.165, 1.54) is 180 Å². The third-order valence-corrected chi connectivity index (χ3v) is 25.6. The van der Waals surface area contributed by atoms with Crippen molar-refractivity contribution in [3.8, 4) is 16.8 Å². The molecule has 0 bridgehead atoms. The largest absolute Gasteiger partial charge is 0.467 e. The third kappa shape index (κ3) is 15.4. The average Bonchev–Trinajstić information content (AvgIpc) is 1.55. The average molecular weight is 2020 g/mol. The first kappa shape index (κ1) is 92.5. The van der Waals surface area contributed by atoms with E-state index in [0.29, 0.717) is 18.5 Å². The maximum atomic E-state index is 6.33. The molecule has 13 aromatic carbocycles. The van der Waals surface area contributed by atoms with Crippen LogP contribution in [0.5, 0.6) is 0 Å². The molecule has 16 aromatic rings. The molecule has 4 unspecified atom stereocenters. The van der Waals surface area contributed by atoms with Crippen molar-refractivity contribution < 1.29 is 172 Å². The number of hydrogen-bond donors (Lipinski definition) is 0. The standard InChI is InChI=1S/C24H20N3.C22H17N2O.C22H19N2.C19H21N2.C18H15N2O.2CH4.5Y/c1-16-19-14-23-20(15-22(19)26-13-12-25(2)24(16)26)18-10-6-7-11-21(18)27(23)17-8-4-3-5-9-17;1-13-14-11-12-16-15-7-3-6-10-19(15)25-21(16)20(14)24-18-9-5-4-8-17(18)23(2)22(13)24;1-15-18-13-12-17(16-8-4-3-5-9-16)14-21(18)24-20-11-7-6-10-19(20)23(2)22(15)24;1-15(2)17-11-7-8-12-18(17)21-13-19(20(3)14-21)16-9-5-4-6-10-16;1-11-12-7-8-14-13-5-3-4-6-15(13)21-17(14)16(12)20-10-9-19(2)18(11)20;;;;;;;/h3-15,24H,1-2H3;3-12,22H,1-2H3;3-14,22H,1-2H3;4-13H,14H2,1-3H3;3-10,18H,1-2H3;2*1H4;;;;;/q5*-1;;;;;;;. The molecule has 13 nitrogen and oxygen atoms in total. The number of rotatable bonds is 5. The van der Waals surface area contributed by atoms with Crippen LogP contribution in [0.25, 0.3) is 88.2 Å². The Balaban J connectivity index is 0.000000126. The molecule has 12 heterocycles. The Morgan fingerprint density at radius 1 is 0.336 bits per heavy atom. The van der Waals surface area contributed by atoms with E-state index in [1.807, 2.05) is 18.2 Å². The first-order chi connectivity index (χ1) is 57.7. The van der Waals surface area contributed by atoms with Gasteiger partial charge in [-0.3, -0.25) is 0 Å². The van der Waals surface area contributed by atoms with Crippen molar-refractivity contribution in [2.45, 2.75) is 81.1 Å². The summed E-state index contributed by atoms with van der Waals surface area (Å²) in [5.74, 6) is 6.92. The molecule has 5 radical (unpaired) electrons. The molecule has 0 spiro atoms. The quantitative estimate of drug-likeness (QED) is 0.154. The van der Waals surface area contributed by atoms with Crippen LogP contribution < -0.4 is 34.3 Å². The predicted molar refractivity (Wildman–Crippen MR) is 503 cm³/mol. The maximum absolute atomic E-state index is 6.33. The molecule has 25 rings (SSSR count). The number of likely N-dealkylation sites (N-methyl/N-ethyl adjacent to an activating group) is 4. The van der Waals surface area contributed by atoms with Crippen LogP contribution in [0.1, 0.15) is 89.8 Å². The summed E-state index contributed by atoms with van der Waals surface area (Å²) in [7, 11) is 10.8. The van der Waals surface area contributed by atoms with Crippen molar-refractivity contribution in [2.75, 3.05) is 76.2 Å². The molecule has 3 aromatic heterocycles. The van der Waals surface area contributed by atoms with E-state index in [0.717, 1.165) is 29.0 Å². The van der Waals surface area contributed by atoms with E-state index < -0.39 is 0 Å². The number of para-hydroxylation sites is 9. The van der Waals surface area contributed by atoms with Gasteiger partial charge >= 0.3 is 0 Å². The summed E-state index contributed by atoms with van der Waals surface area (Å²) in [6, 6.07) is 103. The fraction of sp³-hybridized carbons (Fsp3) is 0.168. The van der Waals surface area contributed by atoms with E-state index in [-0.39, 0.29) is 185 Å². The summed E-state index contributed by atoms with van der Waals surface area (Å²) in [6.45, 7) is 14.2. The minimum atomic E-state index is 0. The van der Waals surface area contributed by atoms with Gasteiger partial charge in [0.2, 0.25) is 0 Å². The van der Waals surface area contributed by atoms with Gasteiger partial charge in [-0.15, -0.1) is 54.0 Å². The fourth-order valence-electron chi connectivity index (χ4n) is 20.1. The zero-order valence-electron chi connectivity index (χ0n) is 71.2. The van der Waals surface area contributed by atoms with Gasteiger partial charge in [-0.1, -0.05) is 255 Å². The zero-order valence-corrected chi connectivity index (χ0v) is 85.4. The molecule has 0 N–H and O–H groups in total. The van der Waals surface area contributed by atoms with Crippen molar-refractivity contribution in [1.29, 1.82) is 0 Å². The summed E-state index contributed by atoms with van der Waals surface area (Å²) >= 11 is 0. The molecule has 0 saturated heterocycles. The topological polar surface area (TPSA) is 63.6 Å². The summed E-state index contributed by atoms with van der Waals surface area (Å²) < 4.78 is 14.9. The Morgan fingerprint density at radius 3 is 1.40 bits per heavy atom. The molecule has 4 atom stereocenters. The van der Waals surface area contributed by atoms with Crippen LogP contribution in [0.4, 0.5) is 51.2 Å². The van der Waals surface area contributed by atoms with Gasteiger partial charge in [0.15, 0.2) is 0 Å². The van der Waals surface area contributed by atoms with E-state index in [1.54, 1.807) is 0 Å². The molecule has 0 amide bonds. The molecule has 615 valence electrons. The Kier molecular flexibility index (Phi) is 27.8. The third-order valence-electron chi connectivity index (χ3n) is 25.6. The van der Waals surface area contributed by atoms with Gasteiger partial charge in [0, 0.05) is 262 Å². The number of fused-ring (bicyclic) bond motifs is 27.